The number of hydrogen-bond donors (Lipinski definition) is 2. The molecule has 23 heavy (non-hydrogen) atoms. The average molecular weight is 314 g/mol. The summed E-state index contributed by atoms with van der Waals surface area (Å²) in [5.74, 6) is 0.505. The highest BCUT2D eigenvalue weighted by Crippen LogP contribution is 2.31. The lowest BCUT2D eigenvalue weighted by Gasteiger charge is -2.34. The van der Waals surface area contributed by atoms with Crippen molar-refractivity contribution in [3.63, 3.8) is 0 Å². The van der Waals surface area contributed by atoms with Crippen LogP contribution in [0.3, 0.4) is 0 Å². The number of carbonyl (C=O) groups is 1. The van der Waals surface area contributed by atoms with Crippen LogP contribution in [0.5, 0.6) is 0 Å². The van der Waals surface area contributed by atoms with Crippen LogP contribution in [0.4, 0.5) is 0 Å². The van der Waals surface area contributed by atoms with Gasteiger partial charge in [-0.05, 0) is 24.3 Å². The van der Waals surface area contributed by atoms with Gasteiger partial charge in [0, 0.05) is 36.1 Å². The summed E-state index contributed by atoms with van der Waals surface area (Å²) in [5.41, 5.74) is 2.28. The molecule has 1 aromatic heterocycles. The van der Waals surface area contributed by atoms with Crippen LogP contribution in [0.1, 0.15) is 49.2 Å². The minimum absolute atomic E-state index is 0.398. The first kappa shape index (κ1) is 16.1. The molecule has 1 aliphatic rings. The number of nitrogens with one attached hydrogen (secondary N) is 1. The van der Waals surface area contributed by atoms with Crippen LogP contribution in [0, 0.1) is 11.8 Å². The topological polar surface area (TPSA) is 54.3 Å². The number of nitrogens with zero attached hydrogens (tertiary/aromatic N) is 1. The minimum Gasteiger partial charge on any atom is -0.477 e. The zero-order valence-corrected chi connectivity index (χ0v) is 14.2. The van der Waals surface area contributed by atoms with Gasteiger partial charge in [-0.1, -0.05) is 44.9 Å². The van der Waals surface area contributed by atoms with Gasteiger partial charge >= 0.3 is 5.97 Å². The van der Waals surface area contributed by atoms with E-state index in [2.05, 4.69) is 19.2 Å². The van der Waals surface area contributed by atoms with E-state index in [1.54, 1.807) is 4.57 Å². The molecule has 1 fully saturated rings. The van der Waals surface area contributed by atoms with Crippen molar-refractivity contribution in [3.05, 3.63) is 35.5 Å². The smallest absolute Gasteiger partial charge is 0.352 e. The number of carboxylic acid groups (broad SMARTS) is 1. The number of benzene rings is 1. The Morgan fingerprint density at radius 1 is 1.30 bits per heavy atom. The molecule has 0 bridgehead atoms. The fourth-order valence-electron chi connectivity index (χ4n) is 4.03. The Morgan fingerprint density at radius 2 is 2.04 bits per heavy atom. The first-order chi connectivity index (χ1) is 11.0. The molecule has 1 heterocycles. The highest BCUT2D eigenvalue weighted by atomic mass is 16.4. The normalized spacial score (nSPS) is 24.9. The van der Waals surface area contributed by atoms with Gasteiger partial charge in [-0.2, -0.15) is 0 Å². The Morgan fingerprint density at radius 3 is 2.78 bits per heavy atom. The molecule has 2 N–H and O–H groups in total. The standard InChI is InChI=1S/C19H26N2O2/c1-12-7-6-9-16(13(12)2)20-11-15-14-8-4-5-10-17(14)21(3)18(15)19(22)23/h4-5,8,10,12-13,16,20H,6-7,9,11H2,1-3H3,(H,22,23)/t12-,13+,16+/m1/s1. The van der Waals surface area contributed by atoms with Crippen LogP contribution in [-0.4, -0.2) is 21.7 Å². The Kier molecular flexibility index (Phi) is 4.44. The van der Waals surface area contributed by atoms with Crippen LogP contribution in [-0.2, 0) is 13.6 Å². The molecule has 1 saturated carbocycles. The van der Waals surface area contributed by atoms with Gasteiger partial charge in [0.15, 0.2) is 0 Å². The molecule has 1 aromatic carbocycles. The van der Waals surface area contributed by atoms with Crippen LogP contribution in [0.25, 0.3) is 10.9 Å². The fourth-order valence-corrected chi connectivity index (χ4v) is 4.03. The van der Waals surface area contributed by atoms with E-state index in [0.717, 1.165) is 22.4 Å². The van der Waals surface area contributed by atoms with Gasteiger partial charge < -0.3 is 15.0 Å². The lowest BCUT2D eigenvalue weighted by Crippen LogP contribution is -2.40. The third-order valence-electron chi connectivity index (χ3n) is 5.66. The van der Waals surface area contributed by atoms with Crippen molar-refractivity contribution in [1.82, 2.24) is 9.88 Å². The number of carboxylic acids is 1. The first-order valence-corrected chi connectivity index (χ1v) is 8.53. The summed E-state index contributed by atoms with van der Waals surface area (Å²) in [7, 11) is 1.83. The third-order valence-corrected chi connectivity index (χ3v) is 5.66. The number of fused-ring (bicyclic) bond motifs is 1. The second-order valence-corrected chi connectivity index (χ2v) is 6.96. The van der Waals surface area contributed by atoms with E-state index in [9.17, 15) is 9.90 Å². The molecule has 1 aliphatic carbocycles. The maximum Gasteiger partial charge on any atom is 0.352 e. The summed E-state index contributed by atoms with van der Waals surface area (Å²) in [6, 6.07) is 8.40. The van der Waals surface area contributed by atoms with E-state index in [4.69, 9.17) is 0 Å². The second-order valence-electron chi connectivity index (χ2n) is 6.96. The predicted molar refractivity (Wildman–Crippen MR) is 92.7 cm³/mol. The first-order valence-electron chi connectivity index (χ1n) is 8.53. The number of hydrogen-bond acceptors (Lipinski definition) is 2. The molecule has 0 saturated heterocycles. The van der Waals surface area contributed by atoms with Crippen LogP contribution < -0.4 is 5.32 Å². The van der Waals surface area contributed by atoms with Crippen molar-refractivity contribution >= 4 is 16.9 Å². The number of aryl methyl sites for hydroxylation is 1. The van der Waals surface area contributed by atoms with Gasteiger partial charge in [0.2, 0.25) is 0 Å². The van der Waals surface area contributed by atoms with E-state index >= 15 is 0 Å². The Hall–Kier alpha value is -1.81. The van der Waals surface area contributed by atoms with Crippen molar-refractivity contribution in [3.8, 4) is 0 Å². The molecule has 0 unspecified atom stereocenters. The summed E-state index contributed by atoms with van der Waals surface area (Å²) in [6.07, 6.45) is 3.73. The van der Waals surface area contributed by atoms with Gasteiger partial charge in [-0.3, -0.25) is 0 Å². The summed E-state index contributed by atoms with van der Waals surface area (Å²) in [6.45, 7) is 5.24. The molecule has 3 rings (SSSR count). The van der Waals surface area contributed by atoms with Crippen molar-refractivity contribution in [2.24, 2.45) is 18.9 Å². The Balaban J connectivity index is 1.90. The summed E-state index contributed by atoms with van der Waals surface area (Å²) in [5, 5.41) is 14.3. The van der Waals surface area contributed by atoms with Gasteiger partial charge in [-0.25, -0.2) is 4.79 Å². The summed E-state index contributed by atoms with van der Waals surface area (Å²) in [4.78, 5) is 11.7. The third kappa shape index (κ3) is 2.88. The van der Waals surface area contributed by atoms with E-state index in [0.29, 0.717) is 24.2 Å². The zero-order chi connectivity index (χ0) is 16.6. The van der Waals surface area contributed by atoms with Crippen molar-refractivity contribution in [2.45, 2.75) is 45.7 Å². The van der Waals surface area contributed by atoms with Gasteiger partial charge in [0.05, 0.1) is 0 Å². The maximum atomic E-state index is 11.7. The van der Waals surface area contributed by atoms with Crippen molar-refractivity contribution < 1.29 is 9.90 Å². The van der Waals surface area contributed by atoms with Gasteiger partial charge in [0.1, 0.15) is 5.69 Å². The van der Waals surface area contributed by atoms with Crippen molar-refractivity contribution in [1.29, 1.82) is 0 Å². The quantitative estimate of drug-likeness (QED) is 0.902. The van der Waals surface area contributed by atoms with Crippen LogP contribution >= 0.6 is 0 Å². The Labute approximate surface area is 137 Å². The molecule has 4 heteroatoms. The molecule has 124 valence electrons. The number of aromatic nitrogens is 1. The molecule has 3 atom stereocenters. The lowest BCUT2D eigenvalue weighted by molar-refractivity contribution is 0.0685. The molecule has 0 spiro atoms. The molecule has 0 aliphatic heterocycles. The van der Waals surface area contributed by atoms with E-state index in [1.165, 1.54) is 19.3 Å². The van der Waals surface area contributed by atoms with E-state index < -0.39 is 5.97 Å². The SMILES string of the molecule is C[C@H]1[C@H](C)CCC[C@@H]1NCc1c(C(=O)O)n(C)c2ccccc12. The molecular weight excluding hydrogens is 288 g/mol. The monoisotopic (exact) mass is 314 g/mol. The lowest BCUT2D eigenvalue weighted by atomic mass is 9.78. The van der Waals surface area contributed by atoms with E-state index in [1.807, 2.05) is 31.3 Å². The summed E-state index contributed by atoms with van der Waals surface area (Å²) >= 11 is 0. The molecule has 0 amide bonds. The van der Waals surface area contributed by atoms with Crippen molar-refractivity contribution in [2.75, 3.05) is 0 Å². The second kappa shape index (κ2) is 6.36. The summed E-state index contributed by atoms with van der Waals surface area (Å²) < 4.78 is 1.79. The molecule has 0 radical (unpaired) electrons. The number of para-hydroxylation sites is 1. The largest absolute Gasteiger partial charge is 0.477 e. The maximum absolute atomic E-state index is 11.7. The highest BCUT2D eigenvalue weighted by molar-refractivity contribution is 5.98. The zero-order valence-electron chi connectivity index (χ0n) is 14.2. The van der Waals surface area contributed by atoms with Gasteiger partial charge in [0.25, 0.3) is 0 Å². The number of aromatic carboxylic acids is 1. The van der Waals surface area contributed by atoms with Crippen LogP contribution in [0.15, 0.2) is 24.3 Å². The molecular formula is C19H26N2O2. The van der Waals surface area contributed by atoms with Crippen LogP contribution in [0.2, 0.25) is 0 Å². The van der Waals surface area contributed by atoms with E-state index in [-0.39, 0.29) is 0 Å². The average Bonchev–Trinajstić information content (AvgIpc) is 2.82. The Bertz CT molecular complexity index is 719. The predicted octanol–water partition coefficient (Wildman–Crippen LogP) is 3.79. The van der Waals surface area contributed by atoms with Gasteiger partial charge in [-0.15, -0.1) is 0 Å². The minimum atomic E-state index is -0.856. The number of rotatable bonds is 4. The fraction of sp³-hybridized carbons (Fsp3) is 0.526. The highest BCUT2D eigenvalue weighted by Gasteiger charge is 2.28. The molecule has 2 aromatic rings. The molecule has 4 nitrogen and oxygen atoms in total.